The van der Waals surface area contributed by atoms with Crippen LogP contribution in [-0.2, 0) is 6.42 Å². The normalized spacial score (nSPS) is 12.2. The first-order valence-corrected chi connectivity index (χ1v) is 6.72. The molecule has 0 bridgehead atoms. The molecule has 0 aliphatic carbocycles. The Morgan fingerprint density at radius 3 is 2.42 bits per heavy atom. The molecule has 0 saturated carbocycles. The Kier molecular flexibility index (Phi) is 4.20. The summed E-state index contributed by atoms with van der Waals surface area (Å²) in [6, 6.07) is 13.2. The fourth-order valence-electron chi connectivity index (χ4n) is 2.28. The first-order chi connectivity index (χ1) is 9.11. The molecule has 0 fully saturated rings. The zero-order valence-electron chi connectivity index (χ0n) is 11.7. The van der Waals surface area contributed by atoms with Gasteiger partial charge >= 0.3 is 0 Å². The average Bonchev–Trinajstić information content (AvgIpc) is 2.41. The van der Waals surface area contributed by atoms with Gasteiger partial charge in [-0.15, -0.1) is 0 Å². The monoisotopic (exact) mass is 257 g/mol. The van der Waals surface area contributed by atoms with Gasteiger partial charge in [0.25, 0.3) is 0 Å². The van der Waals surface area contributed by atoms with Crippen LogP contribution >= 0.6 is 0 Å². The zero-order valence-corrected chi connectivity index (χ0v) is 11.7. The second kappa shape index (κ2) is 5.87. The molecule has 1 atom stereocenters. The van der Waals surface area contributed by atoms with Gasteiger partial charge in [0, 0.05) is 11.7 Å². The highest BCUT2D eigenvalue weighted by Crippen LogP contribution is 2.26. The van der Waals surface area contributed by atoms with Crippen LogP contribution in [0.5, 0.6) is 0 Å². The van der Waals surface area contributed by atoms with Crippen LogP contribution in [-0.4, -0.2) is 0 Å². The lowest BCUT2D eigenvalue weighted by molar-refractivity contribution is 0.626. The topological polar surface area (TPSA) is 12.0 Å². The third-order valence-electron chi connectivity index (χ3n) is 3.47. The van der Waals surface area contributed by atoms with Crippen molar-refractivity contribution in [1.82, 2.24) is 0 Å². The summed E-state index contributed by atoms with van der Waals surface area (Å²) in [4.78, 5) is 0. The van der Waals surface area contributed by atoms with Crippen molar-refractivity contribution in [1.29, 1.82) is 0 Å². The maximum Gasteiger partial charge on any atom is 0.123 e. The molecule has 2 rings (SSSR count). The summed E-state index contributed by atoms with van der Waals surface area (Å²) < 4.78 is 12.9. The van der Waals surface area contributed by atoms with E-state index in [9.17, 15) is 4.39 Å². The molecule has 19 heavy (non-hydrogen) atoms. The van der Waals surface area contributed by atoms with E-state index in [1.807, 2.05) is 12.1 Å². The number of hydrogen-bond donors (Lipinski definition) is 1. The van der Waals surface area contributed by atoms with Crippen molar-refractivity contribution in [2.75, 3.05) is 5.32 Å². The number of rotatable bonds is 4. The van der Waals surface area contributed by atoms with E-state index in [1.165, 1.54) is 28.9 Å². The predicted octanol–water partition coefficient (Wildman–Crippen LogP) is 4.87. The first-order valence-electron chi connectivity index (χ1n) is 6.72. The summed E-state index contributed by atoms with van der Waals surface area (Å²) in [7, 11) is 0. The lowest BCUT2D eigenvalue weighted by Gasteiger charge is -2.20. The molecule has 0 amide bonds. The van der Waals surface area contributed by atoms with Crippen molar-refractivity contribution in [2.24, 2.45) is 0 Å². The zero-order chi connectivity index (χ0) is 13.8. The molecule has 2 aromatic carbocycles. The number of aryl methyl sites for hydroxylation is 2. The third kappa shape index (κ3) is 3.14. The van der Waals surface area contributed by atoms with Crippen molar-refractivity contribution in [3.05, 3.63) is 65.0 Å². The van der Waals surface area contributed by atoms with E-state index < -0.39 is 0 Å². The number of hydrogen-bond acceptors (Lipinski definition) is 1. The molecule has 0 saturated heterocycles. The third-order valence-corrected chi connectivity index (χ3v) is 3.47. The fraction of sp³-hybridized carbons (Fsp3) is 0.294. The van der Waals surface area contributed by atoms with Crippen LogP contribution in [0.2, 0.25) is 0 Å². The number of nitrogens with one attached hydrogen (secondary N) is 1. The summed E-state index contributed by atoms with van der Waals surface area (Å²) >= 11 is 0. The predicted molar refractivity (Wildman–Crippen MR) is 79.0 cm³/mol. The van der Waals surface area contributed by atoms with E-state index in [4.69, 9.17) is 0 Å². The van der Waals surface area contributed by atoms with Crippen molar-refractivity contribution in [3.8, 4) is 0 Å². The molecule has 1 N–H and O–H groups in total. The molecule has 0 aromatic heterocycles. The quantitative estimate of drug-likeness (QED) is 0.824. The van der Waals surface area contributed by atoms with E-state index in [-0.39, 0.29) is 11.9 Å². The molecule has 2 aromatic rings. The van der Waals surface area contributed by atoms with Crippen LogP contribution in [0.25, 0.3) is 0 Å². The Bertz CT molecular complexity index is 546. The summed E-state index contributed by atoms with van der Waals surface area (Å²) in [6.07, 6.45) is 1.00. The van der Waals surface area contributed by atoms with Crippen molar-refractivity contribution in [3.63, 3.8) is 0 Å². The van der Waals surface area contributed by atoms with E-state index >= 15 is 0 Å². The minimum absolute atomic E-state index is 0.159. The smallest absolute Gasteiger partial charge is 0.123 e. The average molecular weight is 257 g/mol. The van der Waals surface area contributed by atoms with Crippen molar-refractivity contribution < 1.29 is 4.39 Å². The number of anilines is 1. The van der Waals surface area contributed by atoms with Gasteiger partial charge in [0.2, 0.25) is 0 Å². The van der Waals surface area contributed by atoms with E-state index in [1.54, 1.807) is 0 Å². The first kappa shape index (κ1) is 13.6. The molecule has 2 heteroatoms. The lowest BCUT2D eigenvalue weighted by atomic mass is 10.0. The fourth-order valence-corrected chi connectivity index (χ4v) is 2.28. The second-order valence-electron chi connectivity index (χ2n) is 4.88. The largest absolute Gasteiger partial charge is 0.378 e. The summed E-state index contributed by atoms with van der Waals surface area (Å²) in [5, 5.41) is 3.54. The molecule has 0 aliphatic rings. The number of benzene rings is 2. The van der Waals surface area contributed by atoms with Crippen LogP contribution in [0.4, 0.5) is 10.1 Å². The maximum atomic E-state index is 12.9. The Morgan fingerprint density at radius 1 is 1.11 bits per heavy atom. The highest BCUT2D eigenvalue weighted by Gasteiger charge is 2.09. The van der Waals surface area contributed by atoms with Gasteiger partial charge < -0.3 is 5.32 Å². The molecule has 100 valence electrons. The molecule has 0 radical (unpaired) electrons. The van der Waals surface area contributed by atoms with E-state index in [0.717, 1.165) is 12.0 Å². The van der Waals surface area contributed by atoms with Gasteiger partial charge in [0.15, 0.2) is 0 Å². The molecule has 1 unspecified atom stereocenters. The van der Waals surface area contributed by atoms with Crippen LogP contribution in [0.3, 0.4) is 0 Å². The van der Waals surface area contributed by atoms with E-state index in [2.05, 4.69) is 44.3 Å². The van der Waals surface area contributed by atoms with Crippen molar-refractivity contribution >= 4 is 5.69 Å². The molecule has 0 aliphatic heterocycles. The Balaban J connectivity index is 2.23. The van der Waals surface area contributed by atoms with Crippen LogP contribution in [0, 0.1) is 12.7 Å². The number of para-hydroxylation sites is 1. The second-order valence-corrected chi connectivity index (χ2v) is 4.88. The van der Waals surface area contributed by atoms with Gasteiger partial charge in [-0.1, -0.05) is 37.3 Å². The van der Waals surface area contributed by atoms with Gasteiger partial charge in [-0.05, 0) is 49.1 Å². The van der Waals surface area contributed by atoms with Gasteiger partial charge in [-0.3, -0.25) is 0 Å². The molecule has 0 spiro atoms. The maximum absolute atomic E-state index is 12.9. The van der Waals surface area contributed by atoms with Gasteiger partial charge in [-0.25, -0.2) is 4.39 Å². The van der Waals surface area contributed by atoms with Crippen molar-refractivity contribution in [2.45, 2.75) is 33.2 Å². The van der Waals surface area contributed by atoms with Gasteiger partial charge in [0.1, 0.15) is 5.82 Å². The lowest BCUT2D eigenvalue weighted by Crippen LogP contribution is -2.09. The summed E-state index contributed by atoms with van der Waals surface area (Å²) in [5.41, 5.74) is 4.84. The van der Waals surface area contributed by atoms with Crippen LogP contribution in [0.1, 0.15) is 36.6 Å². The number of halogens is 1. The summed E-state index contributed by atoms with van der Waals surface area (Å²) in [6.45, 7) is 6.36. The highest BCUT2D eigenvalue weighted by atomic mass is 19.1. The molecule has 1 nitrogen and oxygen atoms in total. The minimum Gasteiger partial charge on any atom is -0.378 e. The molecule has 0 heterocycles. The molecular weight excluding hydrogens is 237 g/mol. The van der Waals surface area contributed by atoms with Crippen LogP contribution in [0.15, 0.2) is 42.5 Å². The van der Waals surface area contributed by atoms with Gasteiger partial charge in [-0.2, -0.15) is 0 Å². The highest BCUT2D eigenvalue weighted by molar-refractivity contribution is 5.58. The van der Waals surface area contributed by atoms with Crippen LogP contribution < -0.4 is 5.32 Å². The minimum atomic E-state index is -0.193. The Morgan fingerprint density at radius 2 is 1.79 bits per heavy atom. The Labute approximate surface area is 114 Å². The summed E-state index contributed by atoms with van der Waals surface area (Å²) in [5.74, 6) is -0.193. The molecular formula is C17H20FN. The Hall–Kier alpha value is -1.83. The standard InChI is InChI=1S/C17H20FN/c1-4-14-7-5-6-12(2)17(14)19-13(3)15-8-10-16(18)11-9-15/h5-11,13,19H,4H2,1-3H3. The SMILES string of the molecule is CCc1cccc(C)c1NC(C)c1ccc(F)cc1. The van der Waals surface area contributed by atoms with E-state index in [0.29, 0.717) is 0 Å². The van der Waals surface area contributed by atoms with Gasteiger partial charge in [0.05, 0.1) is 0 Å².